The Labute approximate surface area is 181 Å². The Morgan fingerprint density at radius 3 is 2.33 bits per heavy atom. The maximum absolute atomic E-state index is 13.1. The molecule has 168 valence electrons. The Kier molecular flexibility index (Phi) is 9.41. The second-order valence-electron chi connectivity index (χ2n) is 9.12. The van der Waals surface area contributed by atoms with E-state index in [0.29, 0.717) is 38.8 Å². The van der Waals surface area contributed by atoms with Crippen LogP contribution in [0, 0.1) is 23.2 Å². The molecule has 0 aromatic rings. The Hall–Kier alpha value is -1.65. The molecule has 1 N–H and O–H groups in total. The quantitative estimate of drug-likeness (QED) is 0.654. The van der Waals surface area contributed by atoms with Crippen molar-refractivity contribution in [1.82, 2.24) is 15.1 Å². The molecule has 30 heavy (non-hydrogen) atoms. The third kappa shape index (κ3) is 6.95. The van der Waals surface area contributed by atoms with E-state index in [9.17, 15) is 14.9 Å². The molecular formula is C23H38N4O3. The summed E-state index contributed by atoms with van der Waals surface area (Å²) in [6.07, 6.45) is 10.5. The molecule has 3 rings (SSSR count). The molecule has 0 radical (unpaired) electrons. The maximum Gasteiger partial charge on any atom is 0.223 e. The average molecular weight is 419 g/mol. The zero-order chi connectivity index (χ0) is 21.2. The summed E-state index contributed by atoms with van der Waals surface area (Å²) in [4.78, 5) is 29.9. The Balaban J connectivity index is 1.56. The number of carbonyl (C=O) groups is 2. The summed E-state index contributed by atoms with van der Waals surface area (Å²) in [6, 6.07) is 2.08. The number of hydrogen-bond donors (Lipinski definition) is 1. The van der Waals surface area contributed by atoms with Gasteiger partial charge in [-0.3, -0.25) is 14.5 Å². The molecule has 2 aliphatic heterocycles. The zero-order valence-electron chi connectivity index (χ0n) is 18.3. The number of nitrogens with zero attached hydrogens (tertiary/aromatic N) is 3. The van der Waals surface area contributed by atoms with Crippen LogP contribution in [0.25, 0.3) is 0 Å². The number of likely N-dealkylation sites (tertiary alicyclic amines) is 1. The van der Waals surface area contributed by atoms with Crippen molar-refractivity contribution in [2.75, 3.05) is 45.9 Å². The van der Waals surface area contributed by atoms with Crippen molar-refractivity contribution in [3.05, 3.63) is 0 Å². The molecule has 2 amide bonds. The van der Waals surface area contributed by atoms with Crippen LogP contribution in [0.5, 0.6) is 0 Å². The summed E-state index contributed by atoms with van der Waals surface area (Å²) < 4.78 is 5.35. The van der Waals surface area contributed by atoms with Gasteiger partial charge in [0.25, 0.3) is 0 Å². The normalized spacial score (nSPS) is 23.4. The van der Waals surface area contributed by atoms with Gasteiger partial charge in [-0.15, -0.1) is 0 Å². The van der Waals surface area contributed by atoms with Crippen LogP contribution in [0.1, 0.15) is 64.2 Å². The minimum Gasteiger partial charge on any atom is -0.378 e. The number of nitrogens with one attached hydrogen (secondary N) is 1. The third-order valence-electron chi connectivity index (χ3n) is 6.95. The first kappa shape index (κ1) is 23.0. The topological polar surface area (TPSA) is 85.7 Å². The van der Waals surface area contributed by atoms with E-state index in [4.69, 9.17) is 4.74 Å². The first-order chi connectivity index (χ1) is 14.7. The smallest absolute Gasteiger partial charge is 0.223 e. The van der Waals surface area contributed by atoms with Gasteiger partial charge in [0.15, 0.2) is 0 Å². The number of hydrogen-bond acceptors (Lipinski definition) is 5. The summed E-state index contributed by atoms with van der Waals surface area (Å²) in [5, 5.41) is 12.6. The first-order valence-corrected chi connectivity index (χ1v) is 11.9. The molecule has 7 heteroatoms. The highest BCUT2D eigenvalue weighted by Gasteiger charge is 2.30. The van der Waals surface area contributed by atoms with Crippen LogP contribution in [0.2, 0.25) is 0 Å². The number of amides is 2. The van der Waals surface area contributed by atoms with Crippen molar-refractivity contribution in [3.63, 3.8) is 0 Å². The van der Waals surface area contributed by atoms with E-state index < -0.39 is 0 Å². The molecule has 0 bridgehead atoms. The van der Waals surface area contributed by atoms with E-state index in [1.165, 1.54) is 25.7 Å². The molecule has 1 saturated carbocycles. The van der Waals surface area contributed by atoms with Crippen LogP contribution in [0.3, 0.4) is 0 Å². The monoisotopic (exact) mass is 418 g/mol. The maximum atomic E-state index is 13.1. The van der Waals surface area contributed by atoms with Crippen molar-refractivity contribution in [3.8, 4) is 6.07 Å². The fourth-order valence-electron chi connectivity index (χ4n) is 5.09. The van der Waals surface area contributed by atoms with Gasteiger partial charge in [-0.05, 0) is 38.3 Å². The Bertz CT molecular complexity index is 588. The lowest BCUT2D eigenvalue weighted by molar-refractivity contribution is -0.139. The molecular weight excluding hydrogens is 380 g/mol. The number of ether oxygens (including phenoxy) is 1. The van der Waals surface area contributed by atoms with Gasteiger partial charge in [0.2, 0.25) is 11.8 Å². The van der Waals surface area contributed by atoms with Gasteiger partial charge in [-0.25, -0.2) is 0 Å². The molecule has 3 aliphatic rings. The molecule has 2 unspecified atom stereocenters. The summed E-state index contributed by atoms with van der Waals surface area (Å²) in [5.74, 6) is 0.228. The van der Waals surface area contributed by atoms with Crippen molar-refractivity contribution < 1.29 is 14.3 Å². The van der Waals surface area contributed by atoms with Gasteiger partial charge in [0.1, 0.15) is 6.04 Å². The van der Waals surface area contributed by atoms with E-state index in [-0.39, 0.29) is 30.2 Å². The standard InChI is InChI=1S/C23H38N4O3/c24-17-21(26-9-5-2-6-10-26)18-25-23(29)20(15-19-7-3-1-4-8-19)16-22(28)27-11-13-30-14-12-27/h19-21H,1-16,18H2,(H,25,29). The second-order valence-corrected chi connectivity index (χ2v) is 9.12. The van der Waals surface area contributed by atoms with Crippen LogP contribution in [-0.4, -0.2) is 73.6 Å². The van der Waals surface area contributed by atoms with Crippen LogP contribution >= 0.6 is 0 Å². The number of morpholine rings is 1. The van der Waals surface area contributed by atoms with Crippen LogP contribution in [0.15, 0.2) is 0 Å². The highest BCUT2D eigenvalue weighted by atomic mass is 16.5. The van der Waals surface area contributed by atoms with E-state index in [0.717, 1.165) is 45.2 Å². The summed E-state index contributed by atoms with van der Waals surface area (Å²) in [5.41, 5.74) is 0. The highest BCUT2D eigenvalue weighted by Crippen LogP contribution is 2.30. The van der Waals surface area contributed by atoms with Crippen LogP contribution < -0.4 is 5.32 Å². The van der Waals surface area contributed by atoms with Gasteiger partial charge in [-0.1, -0.05) is 38.5 Å². The van der Waals surface area contributed by atoms with Gasteiger partial charge in [0.05, 0.1) is 19.3 Å². The molecule has 2 atom stereocenters. The van der Waals surface area contributed by atoms with Gasteiger partial charge < -0.3 is 15.0 Å². The molecule has 1 aliphatic carbocycles. The predicted molar refractivity (Wildman–Crippen MR) is 115 cm³/mol. The van der Waals surface area contributed by atoms with E-state index in [2.05, 4.69) is 16.3 Å². The van der Waals surface area contributed by atoms with E-state index in [1.807, 2.05) is 4.90 Å². The fourth-order valence-corrected chi connectivity index (χ4v) is 5.09. The predicted octanol–water partition coefficient (Wildman–Crippen LogP) is 2.32. The zero-order valence-corrected chi connectivity index (χ0v) is 18.3. The second kappa shape index (κ2) is 12.3. The van der Waals surface area contributed by atoms with E-state index in [1.54, 1.807) is 0 Å². The molecule has 2 saturated heterocycles. The van der Waals surface area contributed by atoms with Crippen LogP contribution in [-0.2, 0) is 14.3 Å². The molecule has 2 heterocycles. The van der Waals surface area contributed by atoms with Crippen molar-refractivity contribution >= 4 is 11.8 Å². The summed E-state index contributed by atoms with van der Waals surface area (Å²) >= 11 is 0. The van der Waals surface area contributed by atoms with E-state index >= 15 is 0 Å². The number of nitriles is 1. The molecule has 0 spiro atoms. The number of carbonyl (C=O) groups excluding carboxylic acids is 2. The lowest BCUT2D eigenvalue weighted by Gasteiger charge is -2.32. The molecule has 0 aromatic carbocycles. The van der Waals surface area contributed by atoms with Crippen molar-refractivity contribution in [1.29, 1.82) is 5.26 Å². The minimum absolute atomic E-state index is 0.0561. The van der Waals surface area contributed by atoms with Gasteiger partial charge in [-0.2, -0.15) is 5.26 Å². The fraction of sp³-hybridized carbons (Fsp3) is 0.870. The lowest BCUT2D eigenvalue weighted by atomic mass is 9.81. The van der Waals surface area contributed by atoms with Crippen molar-refractivity contribution in [2.45, 2.75) is 70.3 Å². The average Bonchev–Trinajstić information content (AvgIpc) is 2.81. The van der Waals surface area contributed by atoms with Gasteiger partial charge in [0, 0.05) is 32.0 Å². The Morgan fingerprint density at radius 2 is 1.67 bits per heavy atom. The first-order valence-electron chi connectivity index (χ1n) is 11.9. The Morgan fingerprint density at radius 1 is 1.00 bits per heavy atom. The largest absolute Gasteiger partial charge is 0.378 e. The highest BCUT2D eigenvalue weighted by molar-refractivity contribution is 5.86. The summed E-state index contributed by atoms with van der Waals surface area (Å²) in [6.45, 7) is 4.58. The van der Waals surface area contributed by atoms with Crippen molar-refractivity contribution in [2.24, 2.45) is 11.8 Å². The molecule has 0 aromatic heterocycles. The minimum atomic E-state index is -0.302. The SMILES string of the molecule is N#CC(CNC(=O)C(CC(=O)N1CCOCC1)CC1CCCCC1)N1CCCCC1. The number of piperidine rings is 1. The number of rotatable bonds is 8. The molecule has 3 fully saturated rings. The molecule has 7 nitrogen and oxygen atoms in total. The lowest BCUT2D eigenvalue weighted by Crippen LogP contribution is -2.47. The summed E-state index contributed by atoms with van der Waals surface area (Å²) in [7, 11) is 0. The van der Waals surface area contributed by atoms with Crippen LogP contribution in [0.4, 0.5) is 0 Å². The third-order valence-corrected chi connectivity index (χ3v) is 6.95. The van der Waals surface area contributed by atoms with Gasteiger partial charge >= 0.3 is 0 Å².